The lowest BCUT2D eigenvalue weighted by molar-refractivity contribution is 0.0996. The molecule has 5 rings (SSSR count). The maximum atomic E-state index is 14.8. The first kappa shape index (κ1) is 20.3. The number of hydrogen-bond donors (Lipinski definition) is 2. The van der Waals surface area contributed by atoms with Gasteiger partial charge < -0.3 is 15.4 Å². The predicted molar refractivity (Wildman–Crippen MR) is 118 cm³/mol. The average Bonchev–Trinajstić information content (AvgIpc) is 3.41. The molecule has 9 heteroatoms. The first-order valence-corrected chi connectivity index (χ1v) is 10.5. The number of rotatable bonds is 5. The predicted octanol–water partition coefficient (Wildman–Crippen LogP) is 2.93. The topological polar surface area (TPSA) is 92.3 Å². The number of methoxy groups -OCH3 is 1. The number of hydrogen-bond acceptors (Lipinski definition) is 7. The van der Waals surface area contributed by atoms with Gasteiger partial charge in [-0.3, -0.25) is 14.7 Å². The number of pyridine rings is 1. The molecular formula is C23H23FN6O2. The van der Waals surface area contributed by atoms with Crippen molar-refractivity contribution in [3.8, 4) is 17.0 Å². The molecule has 164 valence electrons. The summed E-state index contributed by atoms with van der Waals surface area (Å²) in [7, 11) is 1.48. The second-order valence-electron chi connectivity index (χ2n) is 7.92. The number of ether oxygens (including phenoxy) is 1. The van der Waals surface area contributed by atoms with Crippen LogP contribution in [0.3, 0.4) is 0 Å². The Hall–Kier alpha value is -3.59. The highest BCUT2D eigenvalue weighted by molar-refractivity contribution is 6.10. The van der Waals surface area contributed by atoms with E-state index in [4.69, 9.17) is 4.74 Å². The van der Waals surface area contributed by atoms with Gasteiger partial charge in [-0.1, -0.05) is 6.07 Å². The number of anilines is 2. The second-order valence-corrected chi connectivity index (χ2v) is 7.92. The van der Waals surface area contributed by atoms with E-state index in [0.717, 1.165) is 25.2 Å². The molecule has 1 atom stereocenters. The molecule has 32 heavy (non-hydrogen) atoms. The van der Waals surface area contributed by atoms with Crippen LogP contribution in [-0.4, -0.2) is 47.1 Å². The van der Waals surface area contributed by atoms with Gasteiger partial charge in [-0.2, -0.15) is 4.98 Å². The third-order valence-electron chi connectivity index (χ3n) is 5.79. The number of benzene rings is 1. The van der Waals surface area contributed by atoms with Gasteiger partial charge in [0.2, 0.25) is 5.95 Å². The molecule has 0 saturated carbocycles. The molecule has 2 aliphatic heterocycles. The number of aromatic nitrogens is 3. The Morgan fingerprint density at radius 1 is 1.28 bits per heavy atom. The Bertz CT molecular complexity index is 1200. The third-order valence-corrected chi connectivity index (χ3v) is 5.79. The number of nitrogens with one attached hydrogen (secondary N) is 2. The Morgan fingerprint density at radius 3 is 2.94 bits per heavy atom. The van der Waals surface area contributed by atoms with Gasteiger partial charge in [0.1, 0.15) is 17.4 Å². The molecular weight excluding hydrogens is 411 g/mol. The van der Waals surface area contributed by atoms with Crippen LogP contribution in [0.1, 0.15) is 28.0 Å². The second kappa shape index (κ2) is 8.16. The van der Waals surface area contributed by atoms with Crippen LogP contribution in [0.4, 0.5) is 16.2 Å². The lowest BCUT2D eigenvalue weighted by atomic mass is 10.0. The molecule has 0 aliphatic carbocycles. The average molecular weight is 434 g/mol. The summed E-state index contributed by atoms with van der Waals surface area (Å²) in [4.78, 5) is 28.3. The van der Waals surface area contributed by atoms with Crippen LogP contribution >= 0.6 is 0 Å². The summed E-state index contributed by atoms with van der Waals surface area (Å²) in [5, 5.41) is 6.64. The van der Waals surface area contributed by atoms with Crippen LogP contribution in [0.15, 0.2) is 36.5 Å². The van der Waals surface area contributed by atoms with Crippen LogP contribution < -0.4 is 20.3 Å². The van der Waals surface area contributed by atoms with Gasteiger partial charge >= 0.3 is 0 Å². The maximum absolute atomic E-state index is 14.8. The SMILES string of the molecule is COc1cccc(F)c1-c1nccc2c1CN(c1cc(C)nc(N[C@@H]3CCNC3)n1)C2=O. The summed E-state index contributed by atoms with van der Waals surface area (Å²) < 4.78 is 20.1. The number of carbonyl (C=O) groups excluding carboxylic acids is 1. The van der Waals surface area contributed by atoms with Crippen LogP contribution in [-0.2, 0) is 6.54 Å². The molecule has 0 bridgehead atoms. The largest absolute Gasteiger partial charge is 0.496 e. The molecule has 1 saturated heterocycles. The van der Waals surface area contributed by atoms with Crippen molar-refractivity contribution < 1.29 is 13.9 Å². The third kappa shape index (κ3) is 3.54. The van der Waals surface area contributed by atoms with E-state index in [1.165, 1.54) is 19.4 Å². The molecule has 0 unspecified atom stereocenters. The van der Waals surface area contributed by atoms with Crippen molar-refractivity contribution in [1.82, 2.24) is 20.3 Å². The number of fused-ring (bicyclic) bond motifs is 1. The highest BCUT2D eigenvalue weighted by atomic mass is 19.1. The molecule has 1 amide bonds. The zero-order valence-electron chi connectivity index (χ0n) is 17.9. The lowest BCUT2D eigenvalue weighted by Crippen LogP contribution is -2.27. The van der Waals surface area contributed by atoms with Gasteiger partial charge in [-0.15, -0.1) is 0 Å². The number of amides is 1. The molecule has 4 heterocycles. The summed E-state index contributed by atoms with van der Waals surface area (Å²) in [5.41, 5.74) is 2.52. The van der Waals surface area contributed by atoms with E-state index < -0.39 is 5.82 Å². The Morgan fingerprint density at radius 2 is 2.16 bits per heavy atom. The van der Waals surface area contributed by atoms with Gasteiger partial charge in [0.15, 0.2) is 0 Å². The number of carbonyl (C=O) groups is 1. The summed E-state index contributed by atoms with van der Waals surface area (Å²) in [6, 6.07) is 8.30. The maximum Gasteiger partial charge on any atom is 0.260 e. The minimum Gasteiger partial charge on any atom is -0.496 e. The van der Waals surface area contributed by atoms with E-state index in [0.29, 0.717) is 34.3 Å². The van der Waals surface area contributed by atoms with Gasteiger partial charge in [0.25, 0.3) is 5.91 Å². The molecule has 0 spiro atoms. The summed E-state index contributed by atoms with van der Waals surface area (Å²) >= 11 is 0. The fourth-order valence-corrected chi connectivity index (χ4v) is 4.25. The molecule has 1 aromatic carbocycles. The van der Waals surface area contributed by atoms with Gasteiger partial charge in [-0.25, -0.2) is 9.37 Å². The van der Waals surface area contributed by atoms with Crippen molar-refractivity contribution in [3.05, 3.63) is 59.2 Å². The van der Waals surface area contributed by atoms with Crippen LogP contribution in [0, 0.1) is 12.7 Å². The Kier molecular flexibility index (Phi) is 5.18. The van der Waals surface area contributed by atoms with Crippen LogP contribution in [0.5, 0.6) is 5.75 Å². The van der Waals surface area contributed by atoms with E-state index in [-0.39, 0.29) is 24.1 Å². The Balaban J connectivity index is 1.52. The first-order chi connectivity index (χ1) is 15.5. The van der Waals surface area contributed by atoms with Gasteiger partial charge in [0, 0.05) is 41.7 Å². The molecule has 3 aromatic rings. The lowest BCUT2D eigenvalue weighted by Gasteiger charge is -2.18. The van der Waals surface area contributed by atoms with Crippen LogP contribution in [0.25, 0.3) is 11.3 Å². The van der Waals surface area contributed by atoms with Crippen molar-refractivity contribution in [2.24, 2.45) is 0 Å². The van der Waals surface area contributed by atoms with Gasteiger partial charge in [-0.05, 0) is 38.1 Å². The summed E-state index contributed by atoms with van der Waals surface area (Å²) in [5.74, 6) is 0.702. The van der Waals surface area contributed by atoms with E-state index in [9.17, 15) is 9.18 Å². The van der Waals surface area contributed by atoms with E-state index in [1.54, 1.807) is 29.2 Å². The minimum atomic E-state index is -0.453. The van der Waals surface area contributed by atoms with Crippen molar-refractivity contribution in [1.29, 1.82) is 0 Å². The molecule has 0 radical (unpaired) electrons. The van der Waals surface area contributed by atoms with Crippen molar-refractivity contribution in [2.75, 3.05) is 30.4 Å². The molecule has 2 aliphatic rings. The zero-order chi connectivity index (χ0) is 22.2. The highest BCUT2D eigenvalue weighted by Gasteiger charge is 2.34. The zero-order valence-corrected chi connectivity index (χ0v) is 17.9. The first-order valence-electron chi connectivity index (χ1n) is 10.5. The smallest absolute Gasteiger partial charge is 0.260 e. The Labute approximate surface area is 184 Å². The van der Waals surface area contributed by atoms with Gasteiger partial charge in [0.05, 0.1) is 24.9 Å². The molecule has 8 nitrogen and oxygen atoms in total. The van der Waals surface area contributed by atoms with Crippen molar-refractivity contribution >= 4 is 17.7 Å². The molecule has 1 fully saturated rings. The summed E-state index contributed by atoms with van der Waals surface area (Å²) in [6.07, 6.45) is 2.51. The standard InChI is InChI=1S/C23H23FN6O2/c1-13-10-19(29-23(27-13)28-14-6-8-25-11-14)30-12-16-15(22(30)31)7-9-26-21(16)20-17(24)4-3-5-18(20)32-2/h3-5,7,9-10,14,25H,6,8,11-12H2,1-2H3,(H,27,28,29)/t14-/m1/s1. The fraction of sp³-hybridized carbons (Fsp3) is 0.304. The van der Waals surface area contributed by atoms with E-state index in [1.807, 2.05) is 6.92 Å². The van der Waals surface area contributed by atoms with Crippen molar-refractivity contribution in [3.63, 3.8) is 0 Å². The number of aryl methyl sites for hydroxylation is 1. The molecule has 2 N–H and O–H groups in total. The highest BCUT2D eigenvalue weighted by Crippen LogP contribution is 2.38. The summed E-state index contributed by atoms with van der Waals surface area (Å²) in [6.45, 7) is 3.90. The van der Waals surface area contributed by atoms with E-state index >= 15 is 0 Å². The normalized spacial score (nSPS) is 17.5. The monoisotopic (exact) mass is 434 g/mol. The van der Waals surface area contributed by atoms with Crippen LogP contribution in [0.2, 0.25) is 0 Å². The van der Waals surface area contributed by atoms with E-state index in [2.05, 4.69) is 25.6 Å². The van der Waals surface area contributed by atoms with Crippen molar-refractivity contribution in [2.45, 2.75) is 25.9 Å². The number of halogens is 1. The quantitative estimate of drug-likeness (QED) is 0.638. The fourth-order valence-electron chi connectivity index (χ4n) is 4.25. The molecule has 2 aromatic heterocycles. The minimum absolute atomic E-state index is 0.203. The number of nitrogens with zero attached hydrogens (tertiary/aromatic N) is 4.